The SMILES string of the molecule is Cc1ccc(C(C2CCN(CCN)CC2)N(C)C)o1. The molecule has 4 nitrogen and oxygen atoms in total. The van der Waals surface area contributed by atoms with E-state index in [4.69, 9.17) is 10.2 Å². The van der Waals surface area contributed by atoms with Gasteiger partial charge in [-0.1, -0.05) is 0 Å². The Morgan fingerprint density at radius 2 is 2.05 bits per heavy atom. The maximum absolute atomic E-state index is 5.86. The molecule has 1 saturated heterocycles. The second-order valence-corrected chi connectivity index (χ2v) is 5.82. The maximum Gasteiger partial charge on any atom is 0.121 e. The van der Waals surface area contributed by atoms with Gasteiger partial charge < -0.3 is 15.1 Å². The summed E-state index contributed by atoms with van der Waals surface area (Å²) < 4.78 is 5.86. The van der Waals surface area contributed by atoms with Gasteiger partial charge in [0.25, 0.3) is 0 Å². The van der Waals surface area contributed by atoms with Crippen LogP contribution in [-0.2, 0) is 0 Å². The van der Waals surface area contributed by atoms with Crippen LogP contribution in [0.2, 0.25) is 0 Å². The van der Waals surface area contributed by atoms with Crippen molar-refractivity contribution in [3.05, 3.63) is 23.7 Å². The molecule has 2 heterocycles. The average Bonchev–Trinajstić information content (AvgIpc) is 2.78. The first-order valence-corrected chi connectivity index (χ1v) is 7.27. The molecule has 4 heteroatoms. The molecule has 1 fully saturated rings. The van der Waals surface area contributed by atoms with Crippen LogP contribution in [0, 0.1) is 12.8 Å². The van der Waals surface area contributed by atoms with E-state index in [9.17, 15) is 0 Å². The summed E-state index contributed by atoms with van der Waals surface area (Å²) in [7, 11) is 4.30. The van der Waals surface area contributed by atoms with Gasteiger partial charge >= 0.3 is 0 Å². The number of hydrogen-bond acceptors (Lipinski definition) is 4. The Balaban J connectivity index is 2.01. The van der Waals surface area contributed by atoms with E-state index < -0.39 is 0 Å². The minimum absolute atomic E-state index is 0.397. The van der Waals surface area contributed by atoms with E-state index in [1.807, 2.05) is 6.92 Å². The highest BCUT2D eigenvalue weighted by molar-refractivity contribution is 5.11. The van der Waals surface area contributed by atoms with Crippen LogP contribution in [0.1, 0.15) is 30.4 Å². The number of nitrogens with zero attached hydrogens (tertiary/aromatic N) is 2. The predicted molar refractivity (Wildman–Crippen MR) is 78.1 cm³/mol. The zero-order chi connectivity index (χ0) is 13.8. The lowest BCUT2D eigenvalue weighted by molar-refractivity contribution is 0.105. The molecule has 1 aliphatic rings. The van der Waals surface area contributed by atoms with Crippen molar-refractivity contribution < 1.29 is 4.42 Å². The lowest BCUT2D eigenvalue weighted by atomic mass is 9.87. The van der Waals surface area contributed by atoms with Gasteiger partial charge in [0.2, 0.25) is 0 Å². The molecule has 0 radical (unpaired) electrons. The second-order valence-electron chi connectivity index (χ2n) is 5.82. The summed E-state index contributed by atoms with van der Waals surface area (Å²) in [5.74, 6) is 2.79. The van der Waals surface area contributed by atoms with Crippen LogP contribution >= 0.6 is 0 Å². The largest absolute Gasteiger partial charge is 0.465 e. The van der Waals surface area contributed by atoms with Gasteiger partial charge in [0.15, 0.2) is 0 Å². The molecule has 108 valence electrons. The van der Waals surface area contributed by atoms with Crippen LogP contribution < -0.4 is 5.73 Å². The van der Waals surface area contributed by atoms with Gasteiger partial charge in [-0.15, -0.1) is 0 Å². The van der Waals surface area contributed by atoms with Gasteiger partial charge in [-0.05, 0) is 65.0 Å². The topological polar surface area (TPSA) is 45.6 Å². The molecule has 0 amide bonds. The van der Waals surface area contributed by atoms with Gasteiger partial charge in [-0.25, -0.2) is 0 Å². The van der Waals surface area contributed by atoms with Crippen molar-refractivity contribution in [1.29, 1.82) is 0 Å². The molecular formula is C15H27N3O. The number of hydrogen-bond donors (Lipinski definition) is 1. The van der Waals surface area contributed by atoms with E-state index in [2.05, 4.69) is 36.0 Å². The number of likely N-dealkylation sites (tertiary alicyclic amines) is 1. The van der Waals surface area contributed by atoms with E-state index in [0.29, 0.717) is 12.0 Å². The van der Waals surface area contributed by atoms with Gasteiger partial charge in [-0.2, -0.15) is 0 Å². The van der Waals surface area contributed by atoms with Crippen LogP contribution in [-0.4, -0.2) is 50.1 Å². The maximum atomic E-state index is 5.86. The third-order valence-corrected chi connectivity index (χ3v) is 4.13. The van der Waals surface area contributed by atoms with Crippen LogP contribution in [0.5, 0.6) is 0 Å². The second kappa shape index (κ2) is 6.55. The summed E-state index contributed by atoms with van der Waals surface area (Å²) in [6.07, 6.45) is 2.45. The summed E-state index contributed by atoms with van der Waals surface area (Å²) in [6, 6.07) is 4.59. The first-order valence-electron chi connectivity index (χ1n) is 7.27. The third kappa shape index (κ3) is 3.59. The highest BCUT2D eigenvalue weighted by Crippen LogP contribution is 2.34. The van der Waals surface area contributed by atoms with Gasteiger partial charge in [-0.3, -0.25) is 4.90 Å². The molecule has 1 aromatic rings. The molecule has 1 atom stereocenters. The first-order chi connectivity index (χ1) is 9.11. The molecule has 1 aliphatic heterocycles. The van der Waals surface area contributed by atoms with Crippen molar-refractivity contribution in [2.45, 2.75) is 25.8 Å². The normalized spacial score (nSPS) is 20.1. The standard InChI is InChI=1S/C15H27N3O/c1-12-4-5-14(19-12)15(17(2)3)13-6-9-18(10-7-13)11-8-16/h4-5,13,15H,6-11,16H2,1-3H3. The summed E-state index contributed by atoms with van der Waals surface area (Å²) in [5, 5.41) is 0. The molecule has 0 aliphatic carbocycles. The lowest BCUT2D eigenvalue weighted by Crippen LogP contribution is -2.40. The molecule has 2 N–H and O–H groups in total. The number of nitrogens with two attached hydrogens (primary N) is 1. The Bertz CT molecular complexity index is 380. The van der Waals surface area contributed by atoms with Gasteiger partial charge in [0, 0.05) is 13.1 Å². The molecule has 1 aromatic heterocycles. The Labute approximate surface area is 116 Å². The number of aryl methyl sites for hydroxylation is 1. The smallest absolute Gasteiger partial charge is 0.121 e. The molecule has 2 rings (SSSR count). The molecule has 19 heavy (non-hydrogen) atoms. The number of furan rings is 1. The fraction of sp³-hybridized carbons (Fsp3) is 0.733. The monoisotopic (exact) mass is 265 g/mol. The Kier molecular flexibility index (Phi) is 5.02. The van der Waals surface area contributed by atoms with E-state index in [0.717, 1.165) is 37.7 Å². The van der Waals surface area contributed by atoms with E-state index in [1.165, 1.54) is 12.8 Å². The Morgan fingerprint density at radius 1 is 1.37 bits per heavy atom. The lowest BCUT2D eigenvalue weighted by Gasteiger charge is -2.37. The van der Waals surface area contributed by atoms with E-state index >= 15 is 0 Å². The summed E-state index contributed by atoms with van der Waals surface area (Å²) in [6.45, 7) is 6.12. The fourth-order valence-corrected chi connectivity index (χ4v) is 3.20. The zero-order valence-corrected chi connectivity index (χ0v) is 12.4. The highest BCUT2D eigenvalue weighted by Gasteiger charge is 2.30. The third-order valence-electron chi connectivity index (χ3n) is 4.13. The van der Waals surface area contributed by atoms with Gasteiger partial charge in [0.1, 0.15) is 11.5 Å². The molecule has 1 unspecified atom stereocenters. The van der Waals surface area contributed by atoms with Crippen LogP contribution in [0.25, 0.3) is 0 Å². The van der Waals surface area contributed by atoms with Crippen molar-refractivity contribution in [3.63, 3.8) is 0 Å². The molecule has 0 aromatic carbocycles. The molecule has 0 bridgehead atoms. The first kappa shape index (κ1) is 14.6. The highest BCUT2D eigenvalue weighted by atomic mass is 16.3. The quantitative estimate of drug-likeness (QED) is 0.882. The molecule has 0 saturated carbocycles. The number of rotatable bonds is 5. The summed E-state index contributed by atoms with van der Waals surface area (Å²) in [5.41, 5.74) is 5.63. The summed E-state index contributed by atoms with van der Waals surface area (Å²) >= 11 is 0. The van der Waals surface area contributed by atoms with Crippen molar-refractivity contribution in [3.8, 4) is 0 Å². The minimum Gasteiger partial charge on any atom is -0.465 e. The fourth-order valence-electron chi connectivity index (χ4n) is 3.20. The predicted octanol–water partition coefficient (Wildman–Crippen LogP) is 1.86. The Morgan fingerprint density at radius 3 is 2.53 bits per heavy atom. The minimum atomic E-state index is 0.397. The van der Waals surface area contributed by atoms with Crippen LogP contribution in [0.15, 0.2) is 16.5 Å². The van der Waals surface area contributed by atoms with Crippen molar-refractivity contribution in [2.75, 3.05) is 40.3 Å². The van der Waals surface area contributed by atoms with Gasteiger partial charge in [0.05, 0.1) is 6.04 Å². The van der Waals surface area contributed by atoms with Crippen molar-refractivity contribution in [2.24, 2.45) is 11.7 Å². The van der Waals surface area contributed by atoms with Crippen LogP contribution in [0.3, 0.4) is 0 Å². The average molecular weight is 265 g/mol. The van der Waals surface area contributed by atoms with E-state index in [-0.39, 0.29) is 0 Å². The molecule has 0 spiro atoms. The van der Waals surface area contributed by atoms with Crippen LogP contribution in [0.4, 0.5) is 0 Å². The van der Waals surface area contributed by atoms with Crippen molar-refractivity contribution in [1.82, 2.24) is 9.80 Å². The number of piperidine rings is 1. The zero-order valence-electron chi connectivity index (χ0n) is 12.4. The molecular weight excluding hydrogens is 238 g/mol. The summed E-state index contributed by atoms with van der Waals surface area (Å²) in [4.78, 5) is 4.76. The van der Waals surface area contributed by atoms with E-state index in [1.54, 1.807) is 0 Å². The Hall–Kier alpha value is -0.840. The van der Waals surface area contributed by atoms with Crippen molar-refractivity contribution >= 4 is 0 Å².